The molecule has 1 N–H and O–H groups in total. The van der Waals surface area contributed by atoms with Crippen LogP contribution >= 0.6 is 0 Å². The lowest BCUT2D eigenvalue weighted by Crippen LogP contribution is -2.23. The van der Waals surface area contributed by atoms with Crippen molar-refractivity contribution in [1.29, 1.82) is 0 Å². The van der Waals surface area contributed by atoms with Crippen LogP contribution in [-0.2, 0) is 32.6 Å². The predicted octanol–water partition coefficient (Wildman–Crippen LogP) is 3.80. The molecule has 190 valence electrons. The molecular formula is C27H30N2O6S. The van der Waals surface area contributed by atoms with Crippen molar-refractivity contribution >= 4 is 21.8 Å². The van der Waals surface area contributed by atoms with E-state index < -0.39 is 22.6 Å². The molecule has 2 heterocycles. The minimum Gasteiger partial charge on any atom is -0.454 e. The standard InChI is InChI=1S/C27H30N2O6S/c1-19-14-25(20(2)29(19)17-23-11-7-13-34-23)26(30)18-35-27(31)22-10-6-12-24(15-22)36(32,33)28-16-21-8-4-3-5-9-21/h3-6,8-10,12,14-15,23,28H,7,11,13,16-18H2,1-2H3/t23-/m1/s1. The maximum absolute atomic E-state index is 12.8. The van der Waals surface area contributed by atoms with Crippen molar-refractivity contribution in [3.05, 3.63) is 88.7 Å². The van der Waals surface area contributed by atoms with E-state index in [9.17, 15) is 18.0 Å². The van der Waals surface area contributed by atoms with Gasteiger partial charge in [-0.3, -0.25) is 4.79 Å². The van der Waals surface area contributed by atoms with Crippen molar-refractivity contribution < 1.29 is 27.5 Å². The van der Waals surface area contributed by atoms with Gasteiger partial charge in [0.2, 0.25) is 15.8 Å². The Morgan fingerprint density at radius 1 is 1.08 bits per heavy atom. The Balaban J connectivity index is 1.38. The van der Waals surface area contributed by atoms with Crippen molar-refractivity contribution in [2.24, 2.45) is 0 Å². The highest BCUT2D eigenvalue weighted by Crippen LogP contribution is 2.21. The average molecular weight is 511 g/mol. The zero-order valence-electron chi connectivity index (χ0n) is 20.4. The largest absolute Gasteiger partial charge is 0.454 e. The van der Waals surface area contributed by atoms with Crippen molar-refractivity contribution in [2.75, 3.05) is 13.2 Å². The van der Waals surface area contributed by atoms with Crippen molar-refractivity contribution in [3.8, 4) is 0 Å². The molecular weight excluding hydrogens is 480 g/mol. The third kappa shape index (κ3) is 6.10. The number of carbonyl (C=O) groups is 2. The zero-order valence-corrected chi connectivity index (χ0v) is 21.2. The Kier molecular flexibility index (Phi) is 8.03. The molecule has 0 unspecified atom stereocenters. The molecule has 3 aromatic rings. The van der Waals surface area contributed by atoms with Crippen molar-refractivity contribution in [1.82, 2.24) is 9.29 Å². The number of carbonyl (C=O) groups excluding carboxylic acids is 2. The average Bonchev–Trinajstić information content (AvgIpc) is 3.50. The van der Waals surface area contributed by atoms with Gasteiger partial charge >= 0.3 is 5.97 Å². The fourth-order valence-corrected chi connectivity index (χ4v) is 5.36. The Morgan fingerprint density at radius 2 is 1.86 bits per heavy atom. The molecule has 0 radical (unpaired) electrons. The fourth-order valence-electron chi connectivity index (χ4n) is 4.30. The molecule has 1 aliphatic heterocycles. The second kappa shape index (κ2) is 11.2. The van der Waals surface area contributed by atoms with Crippen LogP contribution in [0.15, 0.2) is 65.6 Å². The molecule has 0 saturated carbocycles. The van der Waals surface area contributed by atoms with Gasteiger partial charge in [0.15, 0.2) is 6.61 Å². The summed E-state index contributed by atoms with van der Waals surface area (Å²) in [5.74, 6) is -1.08. The van der Waals surface area contributed by atoms with E-state index in [4.69, 9.17) is 9.47 Å². The van der Waals surface area contributed by atoms with E-state index in [-0.39, 0.29) is 28.9 Å². The number of benzene rings is 2. The van der Waals surface area contributed by atoms with E-state index in [2.05, 4.69) is 9.29 Å². The van der Waals surface area contributed by atoms with Crippen LogP contribution in [0.25, 0.3) is 0 Å². The molecule has 0 aliphatic carbocycles. The Labute approximate surface area is 211 Å². The summed E-state index contributed by atoms with van der Waals surface area (Å²) in [7, 11) is -3.84. The number of aromatic nitrogens is 1. The first-order chi connectivity index (χ1) is 17.2. The smallest absolute Gasteiger partial charge is 0.338 e. The molecule has 1 aliphatic rings. The minimum atomic E-state index is -3.84. The lowest BCUT2D eigenvalue weighted by atomic mass is 10.1. The van der Waals surface area contributed by atoms with Crippen LogP contribution in [0.1, 0.15) is 50.5 Å². The highest BCUT2D eigenvalue weighted by molar-refractivity contribution is 7.89. The van der Waals surface area contributed by atoms with Crippen LogP contribution in [0.5, 0.6) is 0 Å². The van der Waals surface area contributed by atoms with E-state index in [1.807, 2.05) is 44.2 Å². The molecule has 9 heteroatoms. The predicted molar refractivity (Wildman–Crippen MR) is 134 cm³/mol. The third-order valence-corrected chi connectivity index (χ3v) is 7.71. The Bertz CT molecular complexity index is 1340. The van der Waals surface area contributed by atoms with Crippen LogP contribution in [0.4, 0.5) is 0 Å². The number of esters is 1. The molecule has 36 heavy (non-hydrogen) atoms. The topological polar surface area (TPSA) is 104 Å². The van der Waals surface area contributed by atoms with Gasteiger partial charge in [-0.1, -0.05) is 36.4 Å². The van der Waals surface area contributed by atoms with Crippen LogP contribution in [-0.4, -0.2) is 44.1 Å². The van der Waals surface area contributed by atoms with Crippen LogP contribution in [0.2, 0.25) is 0 Å². The summed E-state index contributed by atoms with van der Waals surface area (Å²) >= 11 is 0. The quantitative estimate of drug-likeness (QED) is 0.329. The molecule has 4 rings (SSSR count). The number of nitrogens with zero attached hydrogens (tertiary/aromatic N) is 1. The lowest BCUT2D eigenvalue weighted by molar-refractivity contribution is 0.0474. The maximum Gasteiger partial charge on any atom is 0.338 e. The number of aryl methyl sites for hydroxylation is 1. The second-order valence-electron chi connectivity index (χ2n) is 8.87. The normalized spacial score (nSPS) is 15.7. The molecule has 2 aromatic carbocycles. The van der Waals surface area contributed by atoms with Gasteiger partial charge in [0.25, 0.3) is 0 Å². The van der Waals surface area contributed by atoms with Crippen LogP contribution in [0, 0.1) is 13.8 Å². The van der Waals surface area contributed by atoms with Crippen molar-refractivity contribution in [3.63, 3.8) is 0 Å². The summed E-state index contributed by atoms with van der Waals surface area (Å²) in [6.45, 7) is 4.93. The van der Waals surface area contributed by atoms with Crippen molar-refractivity contribution in [2.45, 2.75) is 50.8 Å². The molecule has 0 spiro atoms. The Hall–Kier alpha value is -3.27. The van der Waals surface area contributed by atoms with E-state index >= 15 is 0 Å². The maximum atomic E-state index is 12.8. The number of rotatable bonds is 10. The van der Waals surface area contributed by atoms with Gasteiger partial charge in [-0.25, -0.2) is 17.9 Å². The molecule has 0 bridgehead atoms. The molecule has 1 saturated heterocycles. The van der Waals surface area contributed by atoms with E-state index in [0.717, 1.165) is 36.4 Å². The number of sulfonamides is 1. The summed E-state index contributed by atoms with van der Waals surface area (Å²) in [5, 5.41) is 0. The van der Waals surface area contributed by atoms with Gasteiger partial charge < -0.3 is 14.0 Å². The SMILES string of the molecule is Cc1cc(C(=O)COC(=O)c2cccc(S(=O)(=O)NCc3ccccc3)c2)c(C)n1C[C@H]1CCCO1. The first kappa shape index (κ1) is 25.8. The van der Waals surface area contributed by atoms with Crippen LogP contribution < -0.4 is 4.72 Å². The van der Waals surface area contributed by atoms with E-state index in [1.165, 1.54) is 24.3 Å². The monoisotopic (exact) mass is 510 g/mol. The third-order valence-electron chi connectivity index (χ3n) is 6.31. The summed E-state index contributed by atoms with van der Waals surface area (Å²) in [6.07, 6.45) is 2.17. The summed E-state index contributed by atoms with van der Waals surface area (Å²) in [5.41, 5.74) is 3.11. The highest BCUT2D eigenvalue weighted by atomic mass is 32.2. The molecule has 8 nitrogen and oxygen atoms in total. The highest BCUT2D eigenvalue weighted by Gasteiger charge is 2.22. The van der Waals surface area contributed by atoms with E-state index in [0.29, 0.717) is 12.1 Å². The first-order valence-electron chi connectivity index (χ1n) is 11.9. The van der Waals surface area contributed by atoms with Gasteiger partial charge in [0, 0.05) is 36.6 Å². The fraction of sp³-hybridized carbons (Fsp3) is 0.333. The number of ether oxygens (including phenoxy) is 2. The first-order valence-corrected chi connectivity index (χ1v) is 13.4. The molecule has 1 fully saturated rings. The summed E-state index contributed by atoms with van der Waals surface area (Å²) in [6, 6.07) is 16.5. The number of nitrogens with one attached hydrogen (secondary N) is 1. The number of hydrogen-bond acceptors (Lipinski definition) is 6. The Morgan fingerprint density at radius 3 is 2.58 bits per heavy atom. The van der Waals surface area contributed by atoms with Gasteiger partial charge in [-0.2, -0.15) is 0 Å². The summed E-state index contributed by atoms with van der Waals surface area (Å²) < 4.78 is 40.9. The van der Waals surface area contributed by atoms with Crippen LogP contribution in [0.3, 0.4) is 0 Å². The zero-order chi connectivity index (χ0) is 25.7. The number of hydrogen-bond donors (Lipinski definition) is 1. The molecule has 1 aromatic heterocycles. The lowest BCUT2D eigenvalue weighted by Gasteiger charge is -2.14. The second-order valence-corrected chi connectivity index (χ2v) is 10.6. The van der Waals surface area contributed by atoms with Gasteiger partial charge in [0.1, 0.15) is 0 Å². The molecule has 0 amide bonds. The number of Topliss-reactive ketones (excluding diaryl/α,β-unsaturated/α-hetero) is 1. The van der Waals surface area contributed by atoms with Gasteiger partial charge in [0.05, 0.1) is 16.6 Å². The summed E-state index contributed by atoms with van der Waals surface area (Å²) in [4.78, 5) is 25.4. The minimum absolute atomic E-state index is 0.0502. The number of ketones is 1. The van der Waals surface area contributed by atoms with Gasteiger partial charge in [-0.05, 0) is 56.5 Å². The van der Waals surface area contributed by atoms with Gasteiger partial charge in [-0.15, -0.1) is 0 Å². The molecule has 1 atom stereocenters. The van der Waals surface area contributed by atoms with E-state index in [1.54, 1.807) is 6.07 Å².